The topological polar surface area (TPSA) is 16.4 Å². The fourth-order valence-corrected chi connectivity index (χ4v) is 9.42. The van der Waals surface area contributed by atoms with Gasteiger partial charge >= 0.3 is 0 Å². The first kappa shape index (κ1) is 30.0. The fourth-order valence-electron chi connectivity index (χ4n) is 8.18. The highest BCUT2D eigenvalue weighted by Gasteiger charge is 2.19. The van der Waals surface area contributed by atoms with Crippen LogP contribution in [0.15, 0.2) is 192 Å². The summed E-state index contributed by atoms with van der Waals surface area (Å²) < 4.78 is 9.07. The van der Waals surface area contributed by atoms with Crippen LogP contribution in [-0.4, -0.2) is 0 Å². The standard InChI is InChI=1S/C50H31NOS/c1-2-12-38-32(10-1)22-23-35-11-7-19-45(48(35)38)51(36-28-24-33(25-29-36)39-15-8-17-43-41-13-3-5-20-46(41)52-49(39)43)37-30-26-34(27-31-37)40-16-9-18-44-42-14-4-6-21-47(42)53-50(40)44/h1-31H. The summed E-state index contributed by atoms with van der Waals surface area (Å²) in [6.45, 7) is 0. The van der Waals surface area contributed by atoms with Crippen molar-refractivity contribution in [1.29, 1.82) is 0 Å². The van der Waals surface area contributed by atoms with E-state index in [4.69, 9.17) is 4.42 Å². The SMILES string of the molecule is c1ccc2c(c1)ccc1cccc(N(c3ccc(-c4cccc5c4oc4ccccc45)cc3)c3ccc(-c4cccc5c4sc4ccccc45)cc3)c12. The van der Waals surface area contributed by atoms with Gasteiger partial charge in [0.1, 0.15) is 11.2 Å². The third-order valence-electron chi connectivity index (χ3n) is 10.7. The van der Waals surface area contributed by atoms with Gasteiger partial charge in [-0.15, -0.1) is 11.3 Å². The van der Waals surface area contributed by atoms with Gasteiger partial charge in [-0.05, 0) is 75.3 Å². The average Bonchev–Trinajstić information content (AvgIpc) is 3.80. The van der Waals surface area contributed by atoms with Crippen LogP contribution in [0.1, 0.15) is 0 Å². The second-order valence-electron chi connectivity index (χ2n) is 13.7. The van der Waals surface area contributed by atoms with Crippen LogP contribution < -0.4 is 4.90 Å². The Morgan fingerprint density at radius 3 is 1.79 bits per heavy atom. The molecule has 0 N–H and O–H groups in total. The number of benzene rings is 9. The predicted octanol–water partition coefficient (Wildman–Crippen LogP) is 15.1. The molecule has 2 heterocycles. The Hall–Kier alpha value is -6.68. The molecule has 0 amide bonds. The molecule has 11 aromatic rings. The monoisotopic (exact) mass is 693 g/mol. The molecule has 0 aliphatic heterocycles. The first-order valence-corrected chi connectivity index (χ1v) is 18.8. The fraction of sp³-hybridized carbons (Fsp3) is 0. The van der Waals surface area contributed by atoms with Crippen LogP contribution in [-0.2, 0) is 0 Å². The van der Waals surface area contributed by atoms with Crippen molar-refractivity contribution in [3.8, 4) is 22.3 Å². The molecule has 0 fully saturated rings. The molecule has 2 nitrogen and oxygen atoms in total. The number of thiophene rings is 1. The van der Waals surface area contributed by atoms with Crippen LogP contribution >= 0.6 is 11.3 Å². The van der Waals surface area contributed by atoms with E-state index in [-0.39, 0.29) is 0 Å². The van der Waals surface area contributed by atoms with Gasteiger partial charge in [0.05, 0.1) is 5.69 Å². The highest BCUT2D eigenvalue weighted by Crippen LogP contribution is 2.45. The van der Waals surface area contributed by atoms with Crippen molar-refractivity contribution in [2.45, 2.75) is 0 Å². The molecule has 0 atom stereocenters. The number of fused-ring (bicyclic) bond motifs is 9. The van der Waals surface area contributed by atoms with Gasteiger partial charge in [0.2, 0.25) is 0 Å². The minimum Gasteiger partial charge on any atom is -0.455 e. The Morgan fingerprint density at radius 2 is 0.981 bits per heavy atom. The van der Waals surface area contributed by atoms with Crippen LogP contribution in [0.5, 0.6) is 0 Å². The van der Waals surface area contributed by atoms with Gasteiger partial charge in [0.15, 0.2) is 0 Å². The van der Waals surface area contributed by atoms with Crippen molar-refractivity contribution < 1.29 is 4.42 Å². The molecule has 248 valence electrons. The first-order valence-electron chi connectivity index (χ1n) is 18.0. The third kappa shape index (κ3) is 4.78. The largest absolute Gasteiger partial charge is 0.455 e. The Bertz CT molecular complexity index is 3010. The van der Waals surface area contributed by atoms with Crippen molar-refractivity contribution in [1.82, 2.24) is 0 Å². The number of anilines is 3. The van der Waals surface area contributed by atoms with E-state index in [9.17, 15) is 0 Å². The summed E-state index contributed by atoms with van der Waals surface area (Å²) in [5.74, 6) is 0. The van der Waals surface area contributed by atoms with Gasteiger partial charge in [0.25, 0.3) is 0 Å². The molecule has 0 saturated carbocycles. The second-order valence-corrected chi connectivity index (χ2v) is 14.7. The van der Waals surface area contributed by atoms with Crippen molar-refractivity contribution in [2.75, 3.05) is 4.90 Å². The smallest absolute Gasteiger partial charge is 0.143 e. The highest BCUT2D eigenvalue weighted by atomic mass is 32.1. The second kappa shape index (κ2) is 11.9. The first-order chi connectivity index (χ1) is 26.3. The zero-order valence-corrected chi connectivity index (χ0v) is 29.5. The lowest BCUT2D eigenvalue weighted by Gasteiger charge is -2.28. The summed E-state index contributed by atoms with van der Waals surface area (Å²) in [5, 5.41) is 9.84. The van der Waals surface area contributed by atoms with E-state index in [0.717, 1.165) is 50.1 Å². The Morgan fingerprint density at radius 1 is 0.396 bits per heavy atom. The normalized spacial score (nSPS) is 11.8. The number of hydrogen-bond donors (Lipinski definition) is 0. The molecule has 0 radical (unpaired) electrons. The Labute approximate surface area is 310 Å². The lowest BCUT2D eigenvalue weighted by molar-refractivity contribution is 0.670. The van der Waals surface area contributed by atoms with E-state index < -0.39 is 0 Å². The van der Waals surface area contributed by atoms with Gasteiger partial charge in [-0.25, -0.2) is 0 Å². The summed E-state index contributed by atoms with van der Waals surface area (Å²) in [7, 11) is 0. The van der Waals surface area contributed by atoms with E-state index >= 15 is 0 Å². The van der Waals surface area contributed by atoms with E-state index in [1.165, 1.54) is 52.8 Å². The molecule has 2 aromatic heterocycles. The molecule has 0 aliphatic carbocycles. The van der Waals surface area contributed by atoms with E-state index in [1.54, 1.807) is 0 Å². The van der Waals surface area contributed by atoms with Gasteiger partial charge in [-0.3, -0.25) is 0 Å². The maximum absolute atomic E-state index is 6.43. The summed E-state index contributed by atoms with van der Waals surface area (Å²) in [6, 6.07) is 68.0. The van der Waals surface area contributed by atoms with Gasteiger partial charge in [0, 0.05) is 53.3 Å². The molecule has 0 aliphatic rings. The number of rotatable bonds is 5. The van der Waals surface area contributed by atoms with Crippen LogP contribution in [0.25, 0.3) is 85.9 Å². The van der Waals surface area contributed by atoms with Crippen LogP contribution in [0.2, 0.25) is 0 Å². The maximum atomic E-state index is 6.43. The molecule has 0 bridgehead atoms. The zero-order chi connectivity index (χ0) is 34.9. The van der Waals surface area contributed by atoms with E-state index in [2.05, 4.69) is 181 Å². The molecule has 9 aromatic carbocycles. The summed E-state index contributed by atoms with van der Waals surface area (Å²) >= 11 is 1.87. The van der Waals surface area contributed by atoms with Gasteiger partial charge in [-0.1, -0.05) is 146 Å². The minimum atomic E-state index is 0.910. The zero-order valence-electron chi connectivity index (χ0n) is 28.7. The molecule has 0 unspecified atom stereocenters. The molecule has 3 heteroatoms. The summed E-state index contributed by atoms with van der Waals surface area (Å²) in [6.07, 6.45) is 0. The maximum Gasteiger partial charge on any atom is 0.143 e. The minimum absolute atomic E-state index is 0.910. The van der Waals surface area contributed by atoms with Crippen molar-refractivity contribution in [3.05, 3.63) is 188 Å². The van der Waals surface area contributed by atoms with Crippen LogP contribution in [0.3, 0.4) is 0 Å². The quantitative estimate of drug-likeness (QED) is 0.167. The average molecular weight is 694 g/mol. The number of furan rings is 1. The van der Waals surface area contributed by atoms with Crippen LogP contribution in [0.4, 0.5) is 17.1 Å². The lowest BCUT2D eigenvalue weighted by Crippen LogP contribution is -2.10. The summed E-state index contributed by atoms with van der Waals surface area (Å²) in [4.78, 5) is 2.41. The number of nitrogens with zero attached hydrogens (tertiary/aromatic N) is 1. The van der Waals surface area contributed by atoms with Crippen molar-refractivity contribution in [3.63, 3.8) is 0 Å². The van der Waals surface area contributed by atoms with E-state index in [1.807, 2.05) is 23.5 Å². The molecular weight excluding hydrogens is 663 g/mol. The van der Waals surface area contributed by atoms with Gasteiger partial charge in [-0.2, -0.15) is 0 Å². The van der Waals surface area contributed by atoms with E-state index in [0.29, 0.717) is 0 Å². The molecule has 0 spiro atoms. The van der Waals surface area contributed by atoms with Crippen LogP contribution in [0, 0.1) is 0 Å². The number of hydrogen-bond acceptors (Lipinski definition) is 3. The molecular formula is C50H31NOS. The Kier molecular flexibility index (Phi) is 6.76. The predicted molar refractivity (Wildman–Crippen MR) is 227 cm³/mol. The lowest BCUT2D eigenvalue weighted by atomic mass is 9.98. The molecule has 0 saturated heterocycles. The van der Waals surface area contributed by atoms with Crippen molar-refractivity contribution in [2.24, 2.45) is 0 Å². The third-order valence-corrected chi connectivity index (χ3v) is 11.9. The van der Waals surface area contributed by atoms with Gasteiger partial charge < -0.3 is 9.32 Å². The molecule has 11 rings (SSSR count). The molecule has 53 heavy (non-hydrogen) atoms. The number of para-hydroxylation sites is 2. The Balaban J connectivity index is 1.07. The van der Waals surface area contributed by atoms with Crippen molar-refractivity contribution >= 4 is 92.1 Å². The summed E-state index contributed by atoms with van der Waals surface area (Å²) in [5.41, 5.74) is 9.85. The highest BCUT2D eigenvalue weighted by molar-refractivity contribution is 7.26.